The Hall–Kier alpha value is -1.31. The predicted octanol–water partition coefficient (Wildman–Crippen LogP) is 2.71. The molecule has 0 saturated carbocycles. The summed E-state index contributed by atoms with van der Waals surface area (Å²) in [5.74, 6) is 1.14. The number of nitrogens with zero attached hydrogens (tertiary/aromatic N) is 3. The first kappa shape index (κ1) is 16.2. The van der Waals surface area contributed by atoms with Crippen molar-refractivity contribution < 1.29 is 9.53 Å². The van der Waals surface area contributed by atoms with E-state index in [1.807, 2.05) is 53.5 Å². The van der Waals surface area contributed by atoms with E-state index in [1.54, 1.807) is 11.3 Å². The van der Waals surface area contributed by atoms with Gasteiger partial charge in [-0.1, -0.05) is 0 Å². The molecule has 1 spiro atoms. The molecule has 2 saturated heterocycles. The van der Waals surface area contributed by atoms with Gasteiger partial charge in [-0.25, -0.2) is 4.98 Å². The van der Waals surface area contributed by atoms with Gasteiger partial charge < -0.3 is 14.2 Å². The van der Waals surface area contributed by atoms with Gasteiger partial charge >= 0.3 is 0 Å². The molecule has 2 aliphatic rings. The van der Waals surface area contributed by atoms with Crippen LogP contribution in [0.15, 0.2) is 23.7 Å². The summed E-state index contributed by atoms with van der Waals surface area (Å²) < 4.78 is 8.12. The molecule has 0 N–H and O–H groups in total. The highest BCUT2D eigenvalue weighted by Gasteiger charge is 2.51. The summed E-state index contributed by atoms with van der Waals surface area (Å²) in [6.45, 7) is 4.27. The first-order valence-corrected chi connectivity index (χ1v) is 9.98. The Kier molecular flexibility index (Phi) is 4.18. The maximum atomic E-state index is 12.5. The van der Waals surface area contributed by atoms with Crippen molar-refractivity contribution >= 4 is 29.0 Å². The van der Waals surface area contributed by atoms with Crippen LogP contribution in [-0.2, 0) is 18.4 Å². The molecule has 0 aromatic carbocycles. The molecular weight excluding hydrogens is 342 g/mol. The van der Waals surface area contributed by atoms with Crippen molar-refractivity contribution in [1.82, 2.24) is 14.5 Å². The maximum Gasteiger partial charge on any atom is 0.270 e. The van der Waals surface area contributed by atoms with Crippen LogP contribution in [0, 0.1) is 6.92 Å². The monoisotopic (exact) mass is 363 g/mol. The lowest BCUT2D eigenvalue weighted by Crippen LogP contribution is -2.61. The molecule has 1 unspecified atom stereocenters. The molecule has 128 valence electrons. The fraction of sp³-hybridized carbons (Fsp3) is 0.529. The molecule has 2 aromatic rings. The molecule has 2 aliphatic heterocycles. The average Bonchev–Trinajstić information content (AvgIpc) is 3.22. The van der Waals surface area contributed by atoms with Crippen molar-refractivity contribution in [2.24, 2.45) is 7.05 Å². The van der Waals surface area contributed by atoms with Gasteiger partial charge in [-0.15, -0.1) is 23.1 Å². The van der Waals surface area contributed by atoms with Crippen LogP contribution in [0.4, 0.5) is 0 Å². The highest BCUT2D eigenvalue weighted by molar-refractivity contribution is 8.01. The molecule has 5 nitrogen and oxygen atoms in total. The minimum atomic E-state index is 0.135. The van der Waals surface area contributed by atoms with Gasteiger partial charge in [-0.05, 0) is 25.5 Å². The predicted molar refractivity (Wildman–Crippen MR) is 96.6 cm³/mol. The Morgan fingerprint density at radius 2 is 2.33 bits per heavy atom. The lowest BCUT2D eigenvalue weighted by molar-refractivity contribution is 0.0243. The molecule has 2 fully saturated rings. The second-order valence-electron chi connectivity index (χ2n) is 6.65. The summed E-state index contributed by atoms with van der Waals surface area (Å²) in [6, 6.07) is 3.80. The van der Waals surface area contributed by atoms with Crippen LogP contribution in [0.3, 0.4) is 0 Å². The second-order valence-corrected chi connectivity index (χ2v) is 9.20. The Morgan fingerprint density at radius 3 is 3.00 bits per heavy atom. The van der Waals surface area contributed by atoms with Gasteiger partial charge in [-0.3, -0.25) is 4.79 Å². The molecule has 1 amide bonds. The number of aromatic nitrogens is 2. The normalized spacial score (nSPS) is 22.1. The summed E-state index contributed by atoms with van der Waals surface area (Å²) >= 11 is 3.62. The number of thiazole rings is 1. The zero-order valence-corrected chi connectivity index (χ0v) is 15.5. The van der Waals surface area contributed by atoms with Crippen LogP contribution >= 0.6 is 23.1 Å². The SMILES string of the molecule is Cc1nc(COC2CSC3(C2)CN(C(=O)c2cccn2C)C3)cs1. The van der Waals surface area contributed by atoms with Crippen molar-refractivity contribution in [3.63, 3.8) is 0 Å². The van der Waals surface area contributed by atoms with Crippen LogP contribution in [0.5, 0.6) is 0 Å². The largest absolute Gasteiger partial charge is 0.371 e. The van der Waals surface area contributed by atoms with Crippen molar-refractivity contribution in [3.8, 4) is 0 Å². The Labute approximate surface area is 150 Å². The van der Waals surface area contributed by atoms with E-state index in [4.69, 9.17) is 4.74 Å². The zero-order chi connectivity index (χ0) is 16.7. The molecule has 4 heterocycles. The molecule has 0 aliphatic carbocycles. The lowest BCUT2D eigenvalue weighted by atomic mass is 9.92. The zero-order valence-electron chi connectivity index (χ0n) is 13.9. The number of hydrogen-bond donors (Lipinski definition) is 0. The summed E-state index contributed by atoms with van der Waals surface area (Å²) in [6.07, 6.45) is 3.21. The summed E-state index contributed by atoms with van der Waals surface area (Å²) in [5.41, 5.74) is 1.79. The highest BCUT2D eigenvalue weighted by Crippen LogP contribution is 2.46. The maximum absolute atomic E-state index is 12.5. The van der Waals surface area contributed by atoms with Crippen molar-refractivity contribution in [2.75, 3.05) is 18.8 Å². The minimum Gasteiger partial charge on any atom is -0.371 e. The number of carbonyl (C=O) groups excluding carboxylic acids is 1. The smallest absolute Gasteiger partial charge is 0.270 e. The number of carbonyl (C=O) groups is 1. The molecule has 4 rings (SSSR count). The van der Waals surface area contributed by atoms with Crippen LogP contribution in [0.1, 0.15) is 27.6 Å². The van der Waals surface area contributed by atoms with E-state index >= 15 is 0 Å². The lowest BCUT2D eigenvalue weighted by Gasteiger charge is -2.47. The molecule has 0 bridgehead atoms. The number of aryl methyl sites for hydroxylation is 2. The third kappa shape index (κ3) is 3.00. The van der Waals surface area contributed by atoms with Gasteiger partial charge in [0.2, 0.25) is 0 Å². The van der Waals surface area contributed by atoms with Gasteiger partial charge in [0.25, 0.3) is 5.91 Å². The molecule has 2 aromatic heterocycles. The Bertz CT molecular complexity index is 749. The number of amides is 1. The number of ether oxygens (including phenoxy) is 1. The van der Waals surface area contributed by atoms with Crippen LogP contribution < -0.4 is 0 Å². The van der Waals surface area contributed by atoms with Crippen LogP contribution in [-0.4, -0.2) is 50.1 Å². The molecule has 7 heteroatoms. The average molecular weight is 364 g/mol. The molecular formula is C17H21N3O2S2. The molecule has 24 heavy (non-hydrogen) atoms. The fourth-order valence-electron chi connectivity index (χ4n) is 3.45. The fourth-order valence-corrected chi connectivity index (χ4v) is 5.59. The van der Waals surface area contributed by atoms with E-state index in [-0.39, 0.29) is 16.8 Å². The van der Waals surface area contributed by atoms with Crippen molar-refractivity contribution in [2.45, 2.75) is 30.8 Å². The molecule has 1 atom stereocenters. The standard InChI is InChI=1S/C17H21N3O2S2/c1-12-18-13(8-23-12)7-22-14-6-17(24-9-14)10-20(11-17)16(21)15-4-3-5-19(15)2/h3-5,8,14H,6-7,9-11H2,1-2H3. The third-order valence-electron chi connectivity index (χ3n) is 4.72. The van der Waals surface area contributed by atoms with Gasteiger partial charge in [0, 0.05) is 37.5 Å². The number of rotatable bonds is 4. The van der Waals surface area contributed by atoms with Crippen LogP contribution in [0.2, 0.25) is 0 Å². The Balaban J connectivity index is 1.28. The van der Waals surface area contributed by atoms with E-state index in [2.05, 4.69) is 10.4 Å². The van der Waals surface area contributed by atoms with Crippen molar-refractivity contribution in [3.05, 3.63) is 40.1 Å². The van der Waals surface area contributed by atoms with E-state index in [9.17, 15) is 4.79 Å². The van der Waals surface area contributed by atoms with Gasteiger partial charge in [0.05, 0.1) is 28.2 Å². The van der Waals surface area contributed by atoms with E-state index < -0.39 is 0 Å². The highest BCUT2D eigenvalue weighted by atomic mass is 32.2. The summed E-state index contributed by atoms with van der Waals surface area (Å²) in [4.78, 5) is 18.9. The Morgan fingerprint density at radius 1 is 1.50 bits per heavy atom. The number of hydrogen-bond acceptors (Lipinski definition) is 5. The number of likely N-dealkylation sites (tertiary alicyclic amines) is 1. The van der Waals surface area contributed by atoms with Crippen LogP contribution in [0.25, 0.3) is 0 Å². The first-order chi connectivity index (χ1) is 11.5. The van der Waals surface area contributed by atoms with Gasteiger partial charge in [0.15, 0.2) is 0 Å². The summed E-state index contributed by atoms with van der Waals surface area (Å²) in [7, 11) is 1.91. The van der Waals surface area contributed by atoms with Gasteiger partial charge in [-0.2, -0.15) is 0 Å². The minimum absolute atomic E-state index is 0.135. The summed E-state index contributed by atoms with van der Waals surface area (Å²) in [5, 5.41) is 3.15. The topological polar surface area (TPSA) is 47.4 Å². The first-order valence-electron chi connectivity index (χ1n) is 8.12. The third-order valence-corrected chi connectivity index (χ3v) is 7.11. The van der Waals surface area contributed by atoms with Gasteiger partial charge in [0.1, 0.15) is 5.69 Å². The van der Waals surface area contributed by atoms with E-state index in [0.717, 1.165) is 41.7 Å². The second kappa shape index (κ2) is 6.20. The van der Waals surface area contributed by atoms with Crippen molar-refractivity contribution in [1.29, 1.82) is 0 Å². The van der Waals surface area contributed by atoms with E-state index in [0.29, 0.717) is 6.61 Å². The van der Waals surface area contributed by atoms with E-state index in [1.165, 1.54) is 0 Å². The quantitative estimate of drug-likeness (QED) is 0.838. The molecule has 0 radical (unpaired) electrons. The number of thioether (sulfide) groups is 1.